The predicted molar refractivity (Wildman–Crippen MR) is 234 cm³/mol. The summed E-state index contributed by atoms with van der Waals surface area (Å²) in [6.45, 7) is 5.32. The Morgan fingerprint density at radius 2 is 1.52 bits per heavy atom. The lowest BCUT2D eigenvalue weighted by Gasteiger charge is -2.30. The number of likely N-dealkylation sites (tertiary alicyclic amines) is 2. The largest absolute Gasteiger partial charge is 0.453 e. The first kappa shape index (κ1) is 42.0. The Hall–Kier alpha value is -6.74. The fourth-order valence-corrected chi connectivity index (χ4v) is 8.90. The normalized spacial score (nSPS) is 18.6. The average molecular weight is 841 g/mol. The second-order valence-electron chi connectivity index (χ2n) is 16.4. The predicted octanol–water partition coefficient (Wildman–Crippen LogP) is 7.45. The minimum absolute atomic E-state index is 0.116. The Balaban J connectivity index is 0.999. The molecule has 4 aromatic carbocycles. The fourth-order valence-electron chi connectivity index (χ4n) is 8.90. The van der Waals surface area contributed by atoms with Gasteiger partial charge in [-0.1, -0.05) is 86.6 Å². The van der Waals surface area contributed by atoms with Gasteiger partial charge in [-0.25, -0.2) is 19.6 Å². The van der Waals surface area contributed by atoms with Gasteiger partial charge in [0.15, 0.2) is 0 Å². The van der Waals surface area contributed by atoms with Gasteiger partial charge in [-0.3, -0.25) is 9.59 Å². The molecular formula is C47H52N8O7. The van der Waals surface area contributed by atoms with Gasteiger partial charge < -0.3 is 44.6 Å². The van der Waals surface area contributed by atoms with Crippen LogP contribution in [-0.2, 0) is 23.8 Å². The zero-order valence-electron chi connectivity index (χ0n) is 35.5. The van der Waals surface area contributed by atoms with Gasteiger partial charge in [-0.05, 0) is 65.0 Å². The highest BCUT2D eigenvalue weighted by Crippen LogP contribution is 2.38. The van der Waals surface area contributed by atoms with Crippen LogP contribution in [0, 0.1) is 11.8 Å². The van der Waals surface area contributed by atoms with Gasteiger partial charge in [0.25, 0.3) is 5.91 Å². The average Bonchev–Trinajstić information content (AvgIpc) is 4.13. The van der Waals surface area contributed by atoms with Crippen molar-refractivity contribution < 1.29 is 33.4 Å². The number of carbonyl (C=O) groups is 4. The van der Waals surface area contributed by atoms with Crippen molar-refractivity contribution in [3.05, 3.63) is 108 Å². The maximum absolute atomic E-state index is 14.1. The van der Waals surface area contributed by atoms with Crippen molar-refractivity contribution in [2.45, 2.75) is 57.3 Å². The lowest BCUT2D eigenvalue weighted by Crippen LogP contribution is -2.51. The van der Waals surface area contributed by atoms with E-state index in [1.807, 2.05) is 50.2 Å². The van der Waals surface area contributed by atoms with Gasteiger partial charge in [-0.2, -0.15) is 0 Å². The van der Waals surface area contributed by atoms with Gasteiger partial charge in [0.05, 0.1) is 55.8 Å². The molecule has 4 N–H and O–H groups in total. The molecule has 2 fully saturated rings. The maximum Gasteiger partial charge on any atom is 0.407 e. The first-order valence-electron chi connectivity index (χ1n) is 21.0. The van der Waals surface area contributed by atoms with Crippen LogP contribution in [0.25, 0.3) is 44.2 Å². The molecule has 15 nitrogen and oxygen atoms in total. The number of rotatable bonds is 12. The number of methoxy groups -OCH3 is 3. The number of amides is 4. The van der Waals surface area contributed by atoms with Crippen LogP contribution in [0.15, 0.2) is 91.1 Å². The van der Waals surface area contributed by atoms with E-state index in [1.54, 1.807) is 23.1 Å². The fraction of sp³-hybridized carbons (Fsp3) is 0.362. The number of aromatic amines is 2. The smallest absolute Gasteiger partial charge is 0.407 e. The Morgan fingerprint density at radius 1 is 0.790 bits per heavy atom. The molecule has 322 valence electrons. The molecule has 5 atom stereocenters. The second kappa shape index (κ2) is 18.1. The first-order chi connectivity index (χ1) is 30.1. The number of ether oxygens (including phenoxy) is 3. The van der Waals surface area contributed by atoms with Crippen molar-refractivity contribution in [1.82, 2.24) is 40.4 Å². The highest BCUT2D eigenvalue weighted by Gasteiger charge is 2.42. The summed E-state index contributed by atoms with van der Waals surface area (Å²) in [5.74, 6) is 0.955. The van der Waals surface area contributed by atoms with E-state index in [4.69, 9.17) is 24.2 Å². The molecule has 2 aliphatic rings. The molecular weight excluding hydrogens is 789 g/mol. The molecule has 0 radical (unpaired) electrons. The summed E-state index contributed by atoms with van der Waals surface area (Å²) in [5.41, 5.74) is 6.26. The van der Waals surface area contributed by atoms with Crippen LogP contribution < -0.4 is 10.6 Å². The third-order valence-corrected chi connectivity index (χ3v) is 12.1. The van der Waals surface area contributed by atoms with E-state index < -0.39 is 24.3 Å². The van der Waals surface area contributed by atoms with Gasteiger partial charge in [0, 0.05) is 31.5 Å². The number of H-pyrrole nitrogens is 2. The van der Waals surface area contributed by atoms with E-state index in [0.29, 0.717) is 43.3 Å². The third kappa shape index (κ3) is 8.44. The molecule has 1 unspecified atom stereocenters. The Kier molecular flexibility index (Phi) is 12.2. The molecule has 2 saturated heterocycles. The van der Waals surface area contributed by atoms with E-state index in [-0.39, 0.29) is 35.7 Å². The number of hydrogen-bond donors (Lipinski definition) is 4. The number of nitrogens with one attached hydrogen (secondary N) is 4. The van der Waals surface area contributed by atoms with E-state index >= 15 is 0 Å². The molecule has 62 heavy (non-hydrogen) atoms. The van der Waals surface area contributed by atoms with Crippen molar-refractivity contribution in [2.75, 3.05) is 41.0 Å². The zero-order chi connectivity index (χ0) is 43.5. The Bertz CT molecular complexity index is 2570. The first-order valence-corrected chi connectivity index (χ1v) is 21.0. The van der Waals surface area contributed by atoms with E-state index in [2.05, 4.69) is 69.1 Å². The Labute approximate surface area is 359 Å². The molecule has 15 heteroatoms. The highest BCUT2D eigenvalue weighted by atomic mass is 16.5. The van der Waals surface area contributed by atoms with Crippen molar-refractivity contribution in [3.8, 4) is 22.4 Å². The number of fused-ring (bicyclic) bond motifs is 3. The number of aromatic nitrogens is 4. The minimum atomic E-state index is -0.893. The number of alkyl carbamates (subject to hydrolysis) is 2. The van der Waals surface area contributed by atoms with Gasteiger partial charge in [0.2, 0.25) is 5.91 Å². The molecule has 8 rings (SSSR count). The van der Waals surface area contributed by atoms with Crippen LogP contribution >= 0.6 is 0 Å². The van der Waals surface area contributed by atoms with Crippen LogP contribution in [0.2, 0.25) is 0 Å². The number of imidazole rings is 2. The van der Waals surface area contributed by atoms with Crippen molar-refractivity contribution in [1.29, 1.82) is 0 Å². The van der Waals surface area contributed by atoms with Crippen molar-refractivity contribution in [3.63, 3.8) is 0 Å². The van der Waals surface area contributed by atoms with Crippen LogP contribution in [0.3, 0.4) is 0 Å². The molecule has 2 aliphatic heterocycles. The summed E-state index contributed by atoms with van der Waals surface area (Å²) in [7, 11) is 4.22. The highest BCUT2D eigenvalue weighted by molar-refractivity contribution is 6.05. The van der Waals surface area contributed by atoms with Gasteiger partial charge >= 0.3 is 12.2 Å². The monoisotopic (exact) mass is 840 g/mol. The molecule has 0 aliphatic carbocycles. The lowest BCUT2D eigenvalue weighted by atomic mass is 9.99. The van der Waals surface area contributed by atoms with Crippen LogP contribution in [0.1, 0.15) is 68.4 Å². The maximum atomic E-state index is 14.1. The Morgan fingerprint density at radius 3 is 2.24 bits per heavy atom. The number of hydrogen-bond acceptors (Lipinski definition) is 9. The number of benzene rings is 4. The molecule has 0 saturated carbocycles. The molecule has 0 bridgehead atoms. The molecule has 4 heterocycles. The van der Waals surface area contributed by atoms with E-state index in [0.717, 1.165) is 57.0 Å². The van der Waals surface area contributed by atoms with Crippen LogP contribution in [0.5, 0.6) is 0 Å². The lowest BCUT2D eigenvalue weighted by molar-refractivity contribution is -0.136. The van der Waals surface area contributed by atoms with E-state index in [1.165, 1.54) is 14.2 Å². The van der Waals surface area contributed by atoms with Crippen LogP contribution in [0.4, 0.5) is 9.59 Å². The minimum Gasteiger partial charge on any atom is -0.453 e. The quantitative estimate of drug-likeness (QED) is 0.0972. The third-order valence-electron chi connectivity index (χ3n) is 12.1. The molecule has 0 spiro atoms. The molecule has 6 aromatic rings. The summed E-state index contributed by atoms with van der Waals surface area (Å²) in [5, 5.41) is 7.47. The van der Waals surface area contributed by atoms with Gasteiger partial charge in [-0.15, -0.1) is 0 Å². The summed E-state index contributed by atoms with van der Waals surface area (Å²) >= 11 is 0. The van der Waals surface area contributed by atoms with E-state index in [9.17, 15) is 19.2 Å². The second-order valence-corrected chi connectivity index (χ2v) is 16.4. The SMILES string of the molecule is COC[C@H]1C[C@@H](c2ncc(-c3ccc(-c4ccc5c(ccc6[nH]c([C@@H]7CCCN7C(=O)[C@H](NC(=O)OC)c7ccccc7)nc65)c4)cc3)[nH]2)N(C(=O)C(NC(=O)OC)C(C)C)C1. The summed E-state index contributed by atoms with van der Waals surface area (Å²) in [6, 6.07) is 25.7. The topological polar surface area (TPSA) is 184 Å². The summed E-state index contributed by atoms with van der Waals surface area (Å²) in [6.07, 6.45) is 2.70. The summed E-state index contributed by atoms with van der Waals surface area (Å²) in [4.78, 5) is 72.8. The number of carbonyl (C=O) groups excluding carboxylic acids is 4. The zero-order valence-corrected chi connectivity index (χ0v) is 35.5. The number of nitrogens with zero attached hydrogens (tertiary/aromatic N) is 4. The standard InChI is InChI=1S/C47H52N8O7/c1-27(2)39(52-46(58)61-4)44(56)55-25-28(26-60-3)22-38(55)42-48-24-36(50-42)30-15-13-29(14-16-30)32-17-19-34-33(23-32)18-20-35-41(34)51-43(49-35)37-12-9-21-54(37)45(57)40(53-47(59)62-5)31-10-7-6-8-11-31/h6-8,10-11,13-20,23-24,27-28,37-40H,9,12,21-22,25-26H2,1-5H3,(H,48,50)(H,49,51)(H,52,58)(H,53,59)/t28-,37-,38-,39?,40+/m0/s1. The summed E-state index contributed by atoms with van der Waals surface area (Å²) < 4.78 is 15.1. The molecule has 4 amide bonds. The van der Waals surface area contributed by atoms with Crippen molar-refractivity contribution in [2.24, 2.45) is 11.8 Å². The van der Waals surface area contributed by atoms with Gasteiger partial charge in [0.1, 0.15) is 23.7 Å². The van der Waals surface area contributed by atoms with Crippen molar-refractivity contribution >= 4 is 45.8 Å². The van der Waals surface area contributed by atoms with Crippen LogP contribution in [-0.4, -0.2) is 101 Å². The molecule has 2 aromatic heterocycles.